The first-order valence-corrected chi connectivity index (χ1v) is 5.93. The number of nitrogens with one attached hydrogen (secondary N) is 1. The van der Waals surface area contributed by atoms with Gasteiger partial charge in [-0.2, -0.15) is 0 Å². The summed E-state index contributed by atoms with van der Waals surface area (Å²) >= 11 is 0. The molecule has 0 aliphatic rings. The molecule has 0 amide bonds. The Morgan fingerprint density at radius 1 is 1.53 bits per heavy atom. The Kier molecular flexibility index (Phi) is 4.60. The Balaban J connectivity index is 3.35. The fourth-order valence-corrected chi connectivity index (χ4v) is 1.47. The molecule has 8 heteroatoms. The van der Waals surface area contributed by atoms with E-state index >= 15 is 0 Å². The second-order valence-corrected chi connectivity index (χ2v) is 4.71. The molecule has 0 fully saturated rings. The number of aromatic nitrogens is 2. The molecule has 1 aromatic heterocycles. The van der Waals surface area contributed by atoms with Crippen LogP contribution in [-0.4, -0.2) is 45.7 Å². The molecule has 0 radical (unpaired) electrons. The van der Waals surface area contributed by atoms with Gasteiger partial charge in [0.1, 0.15) is 6.33 Å². The summed E-state index contributed by atoms with van der Waals surface area (Å²) in [6.07, 6.45) is 1.27. The summed E-state index contributed by atoms with van der Waals surface area (Å²) in [4.78, 5) is 20.2. The summed E-state index contributed by atoms with van der Waals surface area (Å²) in [6, 6.07) is 0. The van der Waals surface area contributed by atoms with E-state index in [1.807, 2.05) is 6.92 Å². The van der Waals surface area contributed by atoms with Gasteiger partial charge in [-0.15, -0.1) is 0 Å². The second-order valence-electron chi connectivity index (χ2n) is 4.71. The number of nitrogens with zero attached hydrogens (tertiary/aromatic N) is 4. The number of hydrogen-bond donors (Lipinski definition) is 2. The Bertz CT molecular complexity index is 464. The zero-order chi connectivity index (χ0) is 14.6. The Morgan fingerprint density at radius 3 is 2.63 bits per heavy atom. The van der Waals surface area contributed by atoms with Crippen LogP contribution in [0, 0.1) is 10.1 Å². The number of aliphatic hydroxyl groups is 1. The van der Waals surface area contributed by atoms with Gasteiger partial charge in [-0.1, -0.05) is 0 Å². The molecule has 0 bridgehead atoms. The molecule has 0 unspecified atom stereocenters. The third kappa shape index (κ3) is 3.08. The molecule has 0 aromatic carbocycles. The van der Waals surface area contributed by atoms with Gasteiger partial charge in [-0.05, 0) is 20.8 Å². The second kappa shape index (κ2) is 5.79. The monoisotopic (exact) mass is 269 g/mol. The lowest BCUT2D eigenvalue weighted by Gasteiger charge is -2.34. The highest BCUT2D eigenvalue weighted by Gasteiger charge is 2.32. The van der Waals surface area contributed by atoms with Crippen molar-refractivity contribution >= 4 is 17.3 Å². The molecule has 0 spiro atoms. The summed E-state index contributed by atoms with van der Waals surface area (Å²) in [5.74, 6) is 0.355. The maximum Gasteiger partial charge on any atom is 0.353 e. The predicted molar refractivity (Wildman–Crippen MR) is 72.4 cm³/mol. The lowest BCUT2D eigenvalue weighted by molar-refractivity contribution is -0.383. The molecular weight excluding hydrogens is 250 g/mol. The van der Waals surface area contributed by atoms with Gasteiger partial charge in [-0.3, -0.25) is 10.1 Å². The van der Waals surface area contributed by atoms with Crippen LogP contribution in [0.1, 0.15) is 20.8 Å². The molecule has 8 nitrogen and oxygen atoms in total. The van der Waals surface area contributed by atoms with Crippen molar-refractivity contribution in [2.24, 2.45) is 0 Å². The fourth-order valence-electron chi connectivity index (χ4n) is 1.47. The summed E-state index contributed by atoms with van der Waals surface area (Å²) in [5.41, 5.74) is -0.851. The molecule has 19 heavy (non-hydrogen) atoms. The number of rotatable bonds is 6. The maximum atomic E-state index is 11.2. The molecule has 106 valence electrons. The van der Waals surface area contributed by atoms with Crippen LogP contribution in [0.5, 0.6) is 0 Å². The predicted octanol–water partition coefficient (Wildman–Crippen LogP) is 1.02. The molecule has 0 saturated heterocycles. The number of anilines is 2. The summed E-state index contributed by atoms with van der Waals surface area (Å²) in [7, 11) is 1.65. The third-order valence-corrected chi connectivity index (χ3v) is 2.94. The third-order valence-electron chi connectivity index (χ3n) is 2.94. The molecule has 0 aliphatic heterocycles. The van der Waals surface area contributed by atoms with Crippen LogP contribution in [0.3, 0.4) is 0 Å². The van der Waals surface area contributed by atoms with Gasteiger partial charge in [0.05, 0.1) is 17.1 Å². The van der Waals surface area contributed by atoms with E-state index in [2.05, 4.69) is 15.3 Å². The highest BCUT2D eigenvalue weighted by molar-refractivity contribution is 5.70. The minimum absolute atomic E-state index is 0.152. The molecule has 1 heterocycles. The maximum absolute atomic E-state index is 11.2. The Morgan fingerprint density at radius 2 is 2.16 bits per heavy atom. The molecule has 0 atom stereocenters. The van der Waals surface area contributed by atoms with Crippen LogP contribution in [0.4, 0.5) is 17.3 Å². The number of aliphatic hydroxyl groups excluding tert-OH is 1. The van der Waals surface area contributed by atoms with Crippen LogP contribution in [0.15, 0.2) is 6.33 Å². The smallest absolute Gasteiger partial charge is 0.353 e. The van der Waals surface area contributed by atoms with Crippen molar-refractivity contribution in [1.29, 1.82) is 0 Å². The van der Waals surface area contributed by atoms with Gasteiger partial charge in [-0.25, -0.2) is 9.97 Å². The first-order chi connectivity index (χ1) is 8.85. The fraction of sp³-hybridized carbons (Fsp3) is 0.636. The van der Waals surface area contributed by atoms with Crippen molar-refractivity contribution in [3.8, 4) is 0 Å². The topological polar surface area (TPSA) is 104 Å². The zero-order valence-electron chi connectivity index (χ0n) is 11.5. The average molecular weight is 269 g/mol. The van der Waals surface area contributed by atoms with E-state index in [4.69, 9.17) is 0 Å². The van der Waals surface area contributed by atoms with Crippen molar-refractivity contribution in [3.63, 3.8) is 0 Å². The quantitative estimate of drug-likeness (QED) is 0.587. The van der Waals surface area contributed by atoms with Crippen molar-refractivity contribution < 1.29 is 10.0 Å². The molecule has 0 saturated carbocycles. The minimum Gasteiger partial charge on any atom is -0.394 e. The van der Waals surface area contributed by atoms with Crippen molar-refractivity contribution in [3.05, 3.63) is 16.4 Å². The normalized spacial score (nSPS) is 11.2. The van der Waals surface area contributed by atoms with E-state index in [-0.39, 0.29) is 23.9 Å². The van der Waals surface area contributed by atoms with Crippen molar-refractivity contribution in [2.45, 2.75) is 26.3 Å². The van der Waals surface area contributed by atoms with Gasteiger partial charge in [0.25, 0.3) is 0 Å². The lowest BCUT2D eigenvalue weighted by atomic mass is 10.1. The minimum atomic E-state index is -0.664. The van der Waals surface area contributed by atoms with Crippen LogP contribution < -0.4 is 10.2 Å². The largest absolute Gasteiger partial charge is 0.394 e. The van der Waals surface area contributed by atoms with Crippen LogP contribution in [0.2, 0.25) is 0 Å². The van der Waals surface area contributed by atoms with Gasteiger partial charge in [0, 0.05) is 13.6 Å². The SMILES string of the molecule is CCNc1ncnc(N(C)C(C)(C)CO)c1[N+](=O)[O-]. The van der Waals surface area contributed by atoms with E-state index in [9.17, 15) is 15.2 Å². The molecule has 0 aliphatic carbocycles. The molecule has 1 aromatic rings. The van der Waals surface area contributed by atoms with Gasteiger partial charge in [0.15, 0.2) is 0 Å². The van der Waals surface area contributed by atoms with Crippen molar-refractivity contribution in [1.82, 2.24) is 9.97 Å². The molecule has 2 N–H and O–H groups in total. The van der Waals surface area contributed by atoms with Crippen molar-refractivity contribution in [2.75, 3.05) is 30.4 Å². The zero-order valence-corrected chi connectivity index (χ0v) is 11.5. The van der Waals surface area contributed by atoms with E-state index in [1.54, 1.807) is 25.8 Å². The summed E-state index contributed by atoms with van der Waals surface area (Å²) < 4.78 is 0. The van der Waals surface area contributed by atoms with Crippen LogP contribution in [-0.2, 0) is 0 Å². The number of hydrogen-bond acceptors (Lipinski definition) is 7. The highest BCUT2D eigenvalue weighted by atomic mass is 16.6. The first-order valence-electron chi connectivity index (χ1n) is 5.93. The standard InChI is InChI=1S/C11H19N5O3/c1-5-12-9-8(16(18)19)10(14-7-13-9)15(4)11(2,3)6-17/h7,17H,5-6H2,1-4H3,(H,12,13,14). The van der Waals surface area contributed by atoms with Crippen LogP contribution >= 0.6 is 0 Å². The van der Waals surface area contributed by atoms with Gasteiger partial charge < -0.3 is 15.3 Å². The molecular formula is C11H19N5O3. The van der Waals surface area contributed by atoms with E-state index in [1.165, 1.54) is 6.33 Å². The van der Waals surface area contributed by atoms with Gasteiger partial charge >= 0.3 is 5.69 Å². The lowest BCUT2D eigenvalue weighted by Crippen LogP contribution is -2.45. The summed E-state index contributed by atoms with van der Waals surface area (Å²) in [5, 5.41) is 23.4. The van der Waals surface area contributed by atoms with Crippen LogP contribution in [0.25, 0.3) is 0 Å². The average Bonchev–Trinajstić information content (AvgIpc) is 2.37. The van der Waals surface area contributed by atoms with Gasteiger partial charge in [0.2, 0.25) is 11.6 Å². The molecule has 1 rings (SSSR count). The Labute approximate surface area is 111 Å². The first kappa shape index (κ1) is 15.1. The van der Waals surface area contributed by atoms with E-state index in [0.29, 0.717) is 6.54 Å². The Hall–Kier alpha value is -1.96. The number of likely N-dealkylation sites (N-methyl/N-ethyl adjacent to an activating group) is 1. The van der Waals surface area contributed by atoms with E-state index < -0.39 is 10.5 Å². The highest BCUT2D eigenvalue weighted by Crippen LogP contribution is 2.33. The van der Waals surface area contributed by atoms with E-state index in [0.717, 1.165) is 0 Å². The number of nitro groups is 1. The summed E-state index contributed by atoms with van der Waals surface area (Å²) in [6.45, 7) is 5.73.